The number of hydrogen-bond acceptors (Lipinski definition) is 5. The SMILES string of the molecule is COc1cc(CNCC(C)C)c(Br)cc1OCc1ccc([N+](=O)[O-])cc1. The maximum atomic E-state index is 10.7. The van der Waals surface area contributed by atoms with Gasteiger partial charge in [-0.1, -0.05) is 29.8 Å². The number of nitrogens with zero attached hydrogens (tertiary/aromatic N) is 1. The van der Waals surface area contributed by atoms with Crippen molar-refractivity contribution in [2.75, 3.05) is 13.7 Å². The molecular weight excluding hydrogens is 400 g/mol. The summed E-state index contributed by atoms with van der Waals surface area (Å²) in [5.74, 6) is 1.85. The van der Waals surface area contributed by atoms with E-state index >= 15 is 0 Å². The Morgan fingerprint density at radius 2 is 1.88 bits per heavy atom. The Balaban J connectivity index is 2.06. The van der Waals surface area contributed by atoms with Gasteiger partial charge in [-0.3, -0.25) is 10.1 Å². The average molecular weight is 423 g/mol. The van der Waals surface area contributed by atoms with Gasteiger partial charge in [-0.05, 0) is 47.9 Å². The van der Waals surface area contributed by atoms with E-state index in [9.17, 15) is 10.1 Å². The first-order chi connectivity index (χ1) is 12.4. The summed E-state index contributed by atoms with van der Waals surface area (Å²) in [5.41, 5.74) is 1.99. The fraction of sp³-hybridized carbons (Fsp3) is 0.368. The van der Waals surface area contributed by atoms with Gasteiger partial charge in [0.15, 0.2) is 11.5 Å². The summed E-state index contributed by atoms with van der Waals surface area (Å²) in [6, 6.07) is 10.1. The molecule has 0 saturated heterocycles. The molecule has 140 valence electrons. The molecule has 0 heterocycles. The summed E-state index contributed by atoms with van der Waals surface area (Å²) < 4.78 is 12.2. The zero-order chi connectivity index (χ0) is 19.1. The van der Waals surface area contributed by atoms with E-state index in [1.807, 2.05) is 12.1 Å². The van der Waals surface area contributed by atoms with Gasteiger partial charge < -0.3 is 14.8 Å². The number of nitrogens with one attached hydrogen (secondary N) is 1. The molecule has 1 N–H and O–H groups in total. The van der Waals surface area contributed by atoms with Crippen LogP contribution in [-0.4, -0.2) is 18.6 Å². The van der Waals surface area contributed by atoms with Crippen LogP contribution >= 0.6 is 15.9 Å². The Hall–Kier alpha value is -2.12. The number of hydrogen-bond donors (Lipinski definition) is 1. The summed E-state index contributed by atoms with van der Waals surface area (Å²) in [6.45, 7) is 6.30. The molecule has 0 saturated carbocycles. The molecule has 26 heavy (non-hydrogen) atoms. The first-order valence-electron chi connectivity index (χ1n) is 8.34. The minimum atomic E-state index is -0.420. The molecule has 0 spiro atoms. The molecular formula is C19H23BrN2O4. The summed E-state index contributed by atoms with van der Waals surface area (Å²) in [6.07, 6.45) is 0. The minimum Gasteiger partial charge on any atom is -0.493 e. The summed E-state index contributed by atoms with van der Waals surface area (Å²) in [4.78, 5) is 10.3. The Labute approximate surface area is 161 Å². The van der Waals surface area contributed by atoms with E-state index in [-0.39, 0.29) is 5.69 Å². The van der Waals surface area contributed by atoms with Crippen molar-refractivity contribution in [3.8, 4) is 11.5 Å². The monoisotopic (exact) mass is 422 g/mol. The van der Waals surface area contributed by atoms with Crippen molar-refractivity contribution >= 4 is 21.6 Å². The number of rotatable bonds is 9. The lowest BCUT2D eigenvalue weighted by molar-refractivity contribution is -0.384. The van der Waals surface area contributed by atoms with Gasteiger partial charge in [0.05, 0.1) is 12.0 Å². The van der Waals surface area contributed by atoms with Gasteiger partial charge >= 0.3 is 0 Å². The van der Waals surface area contributed by atoms with Crippen LogP contribution in [0, 0.1) is 16.0 Å². The predicted octanol–water partition coefficient (Wildman–Crippen LogP) is 4.69. The molecule has 2 aromatic carbocycles. The minimum absolute atomic E-state index is 0.0623. The van der Waals surface area contributed by atoms with Crippen molar-refractivity contribution in [1.29, 1.82) is 0 Å². The van der Waals surface area contributed by atoms with Gasteiger partial charge in [0.2, 0.25) is 0 Å². The lowest BCUT2D eigenvalue weighted by Gasteiger charge is -2.15. The van der Waals surface area contributed by atoms with Gasteiger partial charge in [0.25, 0.3) is 5.69 Å². The summed E-state index contributed by atoms with van der Waals surface area (Å²) in [7, 11) is 1.60. The quantitative estimate of drug-likeness (QED) is 0.468. The van der Waals surface area contributed by atoms with Crippen molar-refractivity contribution in [2.24, 2.45) is 5.92 Å². The number of non-ortho nitro benzene ring substituents is 1. The Morgan fingerprint density at radius 1 is 1.19 bits per heavy atom. The third kappa shape index (κ3) is 5.71. The highest BCUT2D eigenvalue weighted by molar-refractivity contribution is 9.10. The van der Waals surface area contributed by atoms with Crippen LogP contribution in [0.3, 0.4) is 0 Å². The number of halogens is 1. The third-order valence-electron chi connectivity index (χ3n) is 3.74. The van der Waals surface area contributed by atoms with E-state index in [1.165, 1.54) is 12.1 Å². The number of nitro benzene ring substituents is 1. The van der Waals surface area contributed by atoms with Gasteiger partial charge in [-0.25, -0.2) is 0 Å². The van der Waals surface area contributed by atoms with Crippen LogP contribution in [0.2, 0.25) is 0 Å². The fourth-order valence-electron chi connectivity index (χ4n) is 2.36. The van der Waals surface area contributed by atoms with Crippen LogP contribution in [0.4, 0.5) is 5.69 Å². The van der Waals surface area contributed by atoms with Crippen LogP contribution < -0.4 is 14.8 Å². The lowest BCUT2D eigenvalue weighted by Crippen LogP contribution is -2.19. The highest BCUT2D eigenvalue weighted by Crippen LogP contribution is 2.34. The molecule has 0 bridgehead atoms. The number of benzene rings is 2. The molecule has 0 unspecified atom stereocenters. The van der Waals surface area contributed by atoms with Crippen LogP contribution in [0.15, 0.2) is 40.9 Å². The van der Waals surface area contributed by atoms with E-state index in [0.717, 1.165) is 28.7 Å². The molecule has 0 aliphatic rings. The van der Waals surface area contributed by atoms with Crippen molar-refractivity contribution in [1.82, 2.24) is 5.32 Å². The predicted molar refractivity (Wildman–Crippen MR) is 105 cm³/mol. The number of nitro groups is 1. The standard InChI is InChI=1S/C19H23BrN2O4/c1-13(2)10-21-11-15-8-18(25-3)19(9-17(15)20)26-12-14-4-6-16(7-5-14)22(23)24/h4-9,13,21H,10-12H2,1-3H3. The first kappa shape index (κ1) is 20.2. The maximum absolute atomic E-state index is 10.7. The van der Waals surface area contributed by atoms with Crippen LogP contribution in [-0.2, 0) is 13.2 Å². The third-order valence-corrected chi connectivity index (χ3v) is 4.48. The van der Waals surface area contributed by atoms with Crippen molar-refractivity contribution in [3.63, 3.8) is 0 Å². The molecule has 0 fully saturated rings. The zero-order valence-electron chi connectivity index (χ0n) is 15.1. The fourth-order valence-corrected chi connectivity index (χ4v) is 2.82. The largest absolute Gasteiger partial charge is 0.493 e. The van der Waals surface area contributed by atoms with Crippen LogP contribution in [0.25, 0.3) is 0 Å². The highest BCUT2D eigenvalue weighted by atomic mass is 79.9. The zero-order valence-corrected chi connectivity index (χ0v) is 16.7. The van der Waals surface area contributed by atoms with Gasteiger partial charge in [-0.15, -0.1) is 0 Å². The Kier molecular flexibility index (Phi) is 7.41. The maximum Gasteiger partial charge on any atom is 0.269 e. The van der Waals surface area contributed by atoms with E-state index in [0.29, 0.717) is 24.0 Å². The summed E-state index contributed by atoms with van der Waals surface area (Å²) >= 11 is 3.58. The Bertz CT molecular complexity index is 748. The van der Waals surface area contributed by atoms with E-state index < -0.39 is 4.92 Å². The molecule has 7 heteroatoms. The second kappa shape index (κ2) is 9.54. The van der Waals surface area contributed by atoms with Crippen molar-refractivity contribution in [2.45, 2.75) is 27.0 Å². The molecule has 0 aliphatic carbocycles. The molecule has 0 aliphatic heterocycles. The van der Waals surface area contributed by atoms with Gasteiger partial charge in [0.1, 0.15) is 6.61 Å². The first-order valence-corrected chi connectivity index (χ1v) is 9.13. The number of methoxy groups -OCH3 is 1. The second-order valence-corrected chi connectivity index (χ2v) is 7.19. The van der Waals surface area contributed by atoms with Crippen LogP contribution in [0.5, 0.6) is 11.5 Å². The van der Waals surface area contributed by atoms with E-state index in [1.54, 1.807) is 19.2 Å². The molecule has 0 atom stereocenters. The normalized spacial score (nSPS) is 10.8. The molecule has 0 radical (unpaired) electrons. The molecule has 0 aromatic heterocycles. The lowest BCUT2D eigenvalue weighted by atomic mass is 10.1. The van der Waals surface area contributed by atoms with Gasteiger partial charge in [-0.2, -0.15) is 0 Å². The van der Waals surface area contributed by atoms with Gasteiger partial charge in [0, 0.05) is 23.2 Å². The van der Waals surface area contributed by atoms with E-state index in [2.05, 4.69) is 35.1 Å². The second-order valence-electron chi connectivity index (χ2n) is 6.33. The summed E-state index contributed by atoms with van der Waals surface area (Å²) in [5, 5.41) is 14.1. The average Bonchev–Trinajstić information content (AvgIpc) is 2.61. The van der Waals surface area contributed by atoms with Crippen molar-refractivity contribution < 1.29 is 14.4 Å². The topological polar surface area (TPSA) is 73.6 Å². The smallest absolute Gasteiger partial charge is 0.269 e. The van der Waals surface area contributed by atoms with Crippen molar-refractivity contribution in [3.05, 3.63) is 62.1 Å². The molecule has 2 rings (SSSR count). The number of ether oxygens (including phenoxy) is 2. The Morgan fingerprint density at radius 3 is 2.46 bits per heavy atom. The molecule has 0 amide bonds. The molecule has 6 nitrogen and oxygen atoms in total. The van der Waals surface area contributed by atoms with E-state index in [4.69, 9.17) is 9.47 Å². The van der Waals surface area contributed by atoms with Crippen LogP contribution in [0.1, 0.15) is 25.0 Å². The highest BCUT2D eigenvalue weighted by Gasteiger charge is 2.11. The molecule has 2 aromatic rings.